The Balaban J connectivity index is 1.20. The summed E-state index contributed by atoms with van der Waals surface area (Å²) in [7, 11) is 0. The number of benzene rings is 1. The zero-order valence-electron chi connectivity index (χ0n) is 18.8. The van der Waals surface area contributed by atoms with Crippen LogP contribution in [-0.4, -0.2) is 40.1 Å². The van der Waals surface area contributed by atoms with Gasteiger partial charge in [0, 0.05) is 12.1 Å². The molecule has 6 aliphatic rings. The molecule has 1 aromatic rings. The van der Waals surface area contributed by atoms with Gasteiger partial charge in [-0.05, 0) is 86.7 Å². The van der Waals surface area contributed by atoms with Gasteiger partial charge in [0.15, 0.2) is 0 Å². The number of hydrogen-bond acceptors (Lipinski definition) is 3. The number of nitrogens with one attached hydrogen (secondary N) is 1. The number of aliphatic hydroxyl groups is 1. The Bertz CT molecular complexity index is 831. The summed E-state index contributed by atoms with van der Waals surface area (Å²) in [6, 6.07) is 9.09. The third kappa shape index (κ3) is 3.64. The van der Waals surface area contributed by atoms with Crippen molar-refractivity contribution in [3.8, 4) is 0 Å². The summed E-state index contributed by atoms with van der Waals surface area (Å²) in [5, 5.41) is 14.8. The lowest BCUT2D eigenvalue weighted by Gasteiger charge is -2.60. The summed E-state index contributed by atoms with van der Waals surface area (Å²) < 4.78 is 0. The molecule has 0 saturated heterocycles. The second-order valence-corrected chi connectivity index (χ2v) is 11.7. The molecule has 1 heterocycles. The monoisotopic (exact) mass is 422 g/mol. The Hall–Kier alpha value is -1.39. The quantitative estimate of drug-likeness (QED) is 0.758. The van der Waals surface area contributed by atoms with Gasteiger partial charge in [0.2, 0.25) is 5.91 Å². The van der Waals surface area contributed by atoms with Crippen LogP contribution in [0.1, 0.15) is 87.8 Å². The average molecular weight is 423 g/mol. The Labute approximate surface area is 186 Å². The Morgan fingerprint density at radius 2 is 1.81 bits per heavy atom. The molecule has 31 heavy (non-hydrogen) atoms. The molecule has 5 saturated carbocycles. The van der Waals surface area contributed by atoms with Gasteiger partial charge < -0.3 is 15.3 Å². The zero-order valence-corrected chi connectivity index (χ0v) is 18.8. The second kappa shape index (κ2) is 7.59. The van der Waals surface area contributed by atoms with E-state index in [-0.39, 0.29) is 17.5 Å². The fourth-order valence-corrected chi connectivity index (χ4v) is 8.62. The van der Waals surface area contributed by atoms with Crippen LogP contribution < -0.4 is 5.32 Å². The Morgan fingerprint density at radius 1 is 1.06 bits per heavy atom. The van der Waals surface area contributed by atoms with Crippen molar-refractivity contribution in [1.29, 1.82) is 0 Å². The van der Waals surface area contributed by atoms with Crippen molar-refractivity contribution in [3.05, 3.63) is 35.4 Å². The van der Waals surface area contributed by atoms with E-state index in [1.807, 2.05) is 0 Å². The van der Waals surface area contributed by atoms with E-state index in [1.165, 1.54) is 49.7 Å². The predicted octanol–water partition coefficient (Wildman–Crippen LogP) is 4.37. The van der Waals surface area contributed by atoms with Gasteiger partial charge in [-0.3, -0.25) is 4.79 Å². The molecule has 4 bridgehead atoms. The lowest BCUT2D eigenvalue weighted by atomic mass is 9.51. The normalized spacial score (nSPS) is 39.5. The van der Waals surface area contributed by atoms with Crippen LogP contribution in [0, 0.1) is 17.8 Å². The van der Waals surface area contributed by atoms with E-state index in [0.29, 0.717) is 24.3 Å². The highest BCUT2D eigenvalue weighted by Gasteiger charge is 2.57. The second-order valence-electron chi connectivity index (χ2n) is 11.7. The van der Waals surface area contributed by atoms with Crippen LogP contribution >= 0.6 is 0 Å². The van der Waals surface area contributed by atoms with E-state index in [9.17, 15) is 9.90 Å². The van der Waals surface area contributed by atoms with Crippen LogP contribution in [0.5, 0.6) is 0 Å². The molecular weight excluding hydrogens is 384 g/mol. The number of carbonyl (C=O) groups excluding carboxylic acids is 1. The molecule has 3 atom stereocenters. The molecule has 0 radical (unpaired) electrons. The van der Waals surface area contributed by atoms with Crippen LogP contribution in [0.3, 0.4) is 0 Å². The molecule has 2 N–H and O–H groups in total. The van der Waals surface area contributed by atoms with Gasteiger partial charge >= 0.3 is 0 Å². The van der Waals surface area contributed by atoms with Gasteiger partial charge in [0.05, 0.1) is 18.2 Å². The van der Waals surface area contributed by atoms with Crippen molar-refractivity contribution < 1.29 is 9.90 Å². The SMILES string of the molecule is O=C(CNC12CC3CC(CC(O)(C3)C1)C2)N1CCc2ccccc2C1C1CCCCC1. The first-order valence-electron chi connectivity index (χ1n) is 12.9. The molecule has 1 amide bonds. The largest absolute Gasteiger partial charge is 0.390 e. The van der Waals surface area contributed by atoms with E-state index < -0.39 is 5.60 Å². The van der Waals surface area contributed by atoms with Crippen molar-refractivity contribution >= 4 is 5.91 Å². The predicted molar refractivity (Wildman–Crippen MR) is 122 cm³/mol. The topological polar surface area (TPSA) is 52.6 Å². The first-order chi connectivity index (χ1) is 15.0. The Morgan fingerprint density at radius 3 is 2.55 bits per heavy atom. The molecule has 3 unspecified atom stereocenters. The van der Waals surface area contributed by atoms with E-state index >= 15 is 0 Å². The maximum atomic E-state index is 13.6. The number of carbonyl (C=O) groups is 1. The zero-order chi connectivity index (χ0) is 21.1. The molecule has 5 aliphatic carbocycles. The van der Waals surface area contributed by atoms with Gasteiger partial charge in [0.25, 0.3) is 0 Å². The van der Waals surface area contributed by atoms with Crippen LogP contribution in [0.15, 0.2) is 24.3 Å². The lowest BCUT2D eigenvalue weighted by Crippen LogP contribution is -2.65. The molecule has 0 spiro atoms. The van der Waals surface area contributed by atoms with Crippen LogP contribution in [0.4, 0.5) is 0 Å². The first-order valence-corrected chi connectivity index (χ1v) is 12.9. The molecule has 168 valence electrons. The van der Waals surface area contributed by atoms with Crippen LogP contribution in [-0.2, 0) is 11.2 Å². The van der Waals surface area contributed by atoms with E-state index in [0.717, 1.165) is 45.1 Å². The minimum absolute atomic E-state index is 0.0114. The molecule has 1 aromatic carbocycles. The summed E-state index contributed by atoms with van der Waals surface area (Å²) in [5.41, 5.74) is 2.36. The summed E-state index contributed by atoms with van der Waals surface area (Å²) in [6.07, 6.45) is 13.8. The van der Waals surface area contributed by atoms with Gasteiger partial charge in [-0.1, -0.05) is 43.5 Å². The van der Waals surface area contributed by atoms with E-state index in [4.69, 9.17) is 0 Å². The van der Waals surface area contributed by atoms with Gasteiger partial charge in [-0.25, -0.2) is 0 Å². The lowest BCUT2D eigenvalue weighted by molar-refractivity contribution is -0.148. The van der Waals surface area contributed by atoms with Gasteiger partial charge in [-0.2, -0.15) is 0 Å². The van der Waals surface area contributed by atoms with E-state index in [1.54, 1.807) is 0 Å². The molecule has 5 fully saturated rings. The summed E-state index contributed by atoms with van der Waals surface area (Å²) in [5.74, 6) is 2.16. The number of nitrogens with zero attached hydrogens (tertiary/aromatic N) is 1. The fraction of sp³-hybridized carbons (Fsp3) is 0.741. The number of fused-ring (bicyclic) bond motifs is 1. The molecule has 4 heteroatoms. The third-order valence-electron chi connectivity index (χ3n) is 9.39. The van der Waals surface area contributed by atoms with Gasteiger partial charge in [0.1, 0.15) is 0 Å². The van der Waals surface area contributed by atoms with Crippen molar-refractivity contribution in [1.82, 2.24) is 10.2 Å². The highest BCUT2D eigenvalue weighted by atomic mass is 16.3. The number of hydrogen-bond donors (Lipinski definition) is 2. The number of rotatable bonds is 4. The highest BCUT2D eigenvalue weighted by molar-refractivity contribution is 5.79. The average Bonchev–Trinajstić information content (AvgIpc) is 2.75. The standard InChI is InChI=1S/C27H38N2O2/c30-24(17-28-26-13-19-12-20(14-26)16-27(31,15-19)18-26)29-11-10-21-6-4-5-9-23(21)25(29)22-7-2-1-3-8-22/h4-6,9,19-20,22,25,28,31H,1-3,7-8,10-18H2. The van der Waals surface area contributed by atoms with Gasteiger partial charge in [-0.15, -0.1) is 0 Å². The minimum atomic E-state index is -0.477. The maximum Gasteiger partial charge on any atom is 0.237 e. The molecule has 1 aliphatic heterocycles. The first kappa shape index (κ1) is 20.2. The number of amides is 1. The van der Waals surface area contributed by atoms with Crippen molar-refractivity contribution in [2.45, 2.75) is 94.2 Å². The van der Waals surface area contributed by atoms with Crippen LogP contribution in [0.2, 0.25) is 0 Å². The molecular formula is C27H38N2O2. The summed E-state index contributed by atoms with van der Waals surface area (Å²) >= 11 is 0. The summed E-state index contributed by atoms with van der Waals surface area (Å²) in [6.45, 7) is 1.28. The third-order valence-corrected chi connectivity index (χ3v) is 9.39. The highest BCUT2D eigenvalue weighted by Crippen LogP contribution is 2.57. The Kier molecular flexibility index (Phi) is 4.95. The maximum absolute atomic E-state index is 13.6. The fourth-order valence-electron chi connectivity index (χ4n) is 8.62. The van der Waals surface area contributed by atoms with Crippen molar-refractivity contribution in [2.75, 3.05) is 13.1 Å². The summed E-state index contributed by atoms with van der Waals surface area (Å²) in [4.78, 5) is 15.9. The molecule has 4 nitrogen and oxygen atoms in total. The van der Waals surface area contributed by atoms with Crippen molar-refractivity contribution in [2.24, 2.45) is 17.8 Å². The molecule has 0 aromatic heterocycles. The van der Waals surface area contributed by atoms with Crippen LogP contribution in [0.25, 0.3) is 0 Å². The smallest absolute Gasteiger partial charge is 0.237 e. The minimum Gasteiger partial charge on any atom is -0.390 e. The van der Waals surface area contributed by atoms with E-state index in [2.05, 4.69) is 34.5 Å². The van der Waals surface area contributed by atoms with Crippen molar-refractivity contribution in [3.63, 3.8) is 0 Å². The molecule has 7 rings (SSSR count).